The maximum atomic E-state index is 13.1. The Kier molecular flexibility index (Phi) is 15.9. The number of para-hydroxylation sites is 1. The quantitative estimate of drug-likeness (QED) is 0.0599. The van der Waals surface area contributed by atoms with Crippen molar-refractivity contribution in [2.24, 2.45) is 0 Å². The lowest BCUT2D eigenvalue weighted by molar-refractivity contribution is -0.160. The second kappa shape index (κ2) is 22.7. The maximum Gasteiger partial charge on any atom is 0.350 e. The Labute approximate surface area is 415 Å². The molecular formula is C59H56N2O9S. The van der Waals surface area contributed by atoms with E-state index in [0.717, 1.165) is 61.4 Å². The maximum absolute atomic E-state index is 13.1. The van der Waals surface area contributed by atoms with Crippen LogP contribution in [0.4, 0.5) is 0 Å². The van der Waals surface area contributed by atoms with Crippen molar-refractivity contribution in [3.05, 3.63) is 210 Å². The predicted molar refractivity (Wildman–Crippen MR) is 276 cm³/mol. The lowest BCUT2D eigenvalue weighted by atomic mass is 9.92. The van der Waals surface area contributed by atoms with Gasteiger partial charge in [-0.05, 0) is 111 Å². The summed E-state index contributed by atoms with van der Waals surface area (Å²) in [6, 6.07) is 55.9. The molecule has 11 nitrogen and oxygen atoms in total. The van der Waals surface area contributed by atoms with Gasteiger partial charge < -0.3 is 23.0 Å². The molecule has 0 aliphatic carbocycles. The SMILES string of the molecule is CCOC(=O)C(C)(Cc1ccc(OCCc2nc(-c3ccccc3)oc2C)c2ccccc12)Oc1ccccc1.Cc1ccc(S(=O)(=O)OCCc2nc(-c3ccc(-c4ccccc4)cc3)oc2C)cc1. The Morgan fingerprint density at radius 3 is 1.69 bits per heavy atom. The summed E-state index contributed by atoms with van der Waals surface area (Å²) in [7, 11) is -3.79. The molecule has 0 bridgehead atoms. The lowest BCUT2D eigenvalue weighted by Gasteiger charge is -2.29. The number of ether oxygens (including phenoxy) is 3. The molecule has 362 valence electrons. The molecule has 9 rings (SSSR count). The molecule has 0 radical (unpaired) electrons. The Morgan fingerprint density at radius 1 is 0.577 bits per heavy atom. The van der Waals surface area contributed by atoms with E-state index in [9.17, 15) is 13.2 Å². The van der Waals surface area contributed by atoms with Crippen molar-refractivity contribution in [1.82, 2.24) is 9.97 Å². The van der Waals surface area contributed by atoms with Gasteiger partial charge in [-0.1, -0.05) is 127 Å². The van der Waals surface area contributed by atoms with Gasteiger partial charge in [0.05, 0.1) is 36.1 Å². The topological polar surface area (TPSA) is 140 Å². The minimum absolute atomic E-state index is 0.00400. The number of aryl methyl sites for hydroxylation is 3. The van der Waals surface area contributed by atoms with Gasteiger partial charge in [-0.15, -0.1) is 0 Å². The molecule has 0 fully saturated rings. The number of hydrogen-bond donors (Lipinski definition) is 0. The summed E-state index contributed by atoms with van der Waals surface area (Å²) in [6.45, 7) is 9.94. The third kappa shape index (κ3) is 12.5. The zero-order chi connectivity index (χ0) is 49.8. The van der Waals surface area contributed by atoms with Crippen molar-refractivity contribution in [3.63, 3.8) is 0 Å². The number of esters is 1. The standard InChI is InChI=1S/C34H33NO5.C25H23NO4S/c1-4-37-33(36)34(3,40-27-15-9-6-10-16-27)23-26-19-20-31(29-18-12-11-17-28(26)29)38-22-21-30-24(2)39-32(35-30)25-13-7-5-8-14-25;1-18-8-14-23(15-9-18)31(27,28)29-17-16-24-19(2)30-25(26-24)22-12-10-21(11-13-22)20-6-4-3-5-7-20/h5-20H,4,21-23H2,1-3H3;3-15H,16-17H2,1-2H3. The Morgan fingerprint density at radius 2 is 1.08 bits per heavy atom. The van der Waals surface area contributed by atoms with Gasteiger partial charge >= 0.3 is 5.97 Å². The molecule has 7 aromatic carbocycles. The van der Waals surface area contributed by atoms with Crippen molar-refractivity contribution in [2.45, 2.75) is 64.4 Å². The highest BCUT2D eigenvalue weighted by molar-refractivity contribution is 7.86. The monoisotopic (exact) mass is 968 g/mol. The van der Waals surface area contributed by atoms with E-state index >= 15 is 0 Å². The molecule has 0 saturated carbocycles. The molecule has 1 atom stereocenters. The fourth-order valence-electron chi connectivity index (χ4n) is 8.02. The highest BCUT2D eigenvalue weighted by Gasteiger charge is 2.38. The molecule has 0 N–H and O–H groups in total. The van der Waals surface area contributed by atoms with Crippen LogP contribution in [0.15, 0.2) is 190 Å². The van der Waals surface area contributed by atoms with Crippen LogP contribution in [-0.4, -0.2) is 49.8 Å². The normalized spacial score (nSPS) is 12.1. The van der Waals surface area contributed by atoms with Gasteiger partial charge in [0.2, 0.25) is 17.4 Å². The lowest BCUT2D eigenvalue weighted by Crippen LogP contribution is -2.45. The van der Waals surface area contributed by atoms with Crippen LogP contribution in [0, 0.1) is 20.8 Å². The van der Waals surface area contributed by atoms with Crippen LogP contribution in [0.1, 0.15) is 47.9 Å². The first-order chi connectivity index (χ1) is 34.4. The Balaban J connectivity index is 0.000000197. The first-order valence-electron chi connectivity index (χ1n) is 23.5. The molecule has 0 aliphatic heterocycles. The van der Waals surface area contributed by atoms with E-state index in [1.807, 2.05) is 160 Å². The van der Waals surface area contributed by atoms with Crippen molar-refractivity contribution >= 4 is 26.9 Å². The number of benzene rings is 7. The molecule has 0 amide bonds. The smallest absolute Gasteiger partial charge is 0.350 e. The number of oxazole rings is 2. The average molecular weight is 969 g/mol. The van der Waals surface area contributed by atoms with E-state index in [1.165, 1.54) is 0 Å². The average Bonchev–Trinajstić information content (AvgIpc) is 3.96. The third-order valence-corrected chi connectivity index (χ3v) is 13.2. The summed E-state index contributed by atoms with van der Waals surface area (Å²) in [4.78, 5) is 22.5. The first-order valence-corrected chi connectivity index (χ1v) is 24.9. The van der Waals surface area contributed by atoms with Gasteiger partial charge in [0.1, 0.15) is 23.0 Å². The molecule has 2 heterocycles. The number of fused-ring (bicyclic) bond motifs is 1. The van der Waals surface area contributed by atoms with Crippen LogP contribution >= 0.6 is 0 Å². The molecule has 0 saturated heterocycles. The van der Waals surface area contributed by atoms with E-state index < -0.39 is 21.7 Å². The molecule has 12 heteroatoms. The molecule has 1 unspecified atom stereocenters. The van der Waals surface area contributed by atoms with Gasteiger partial charge in [-0.3, -0.25) is 4.18 Å². The van der Waals surface area contributed by atoms with E-state index in [0.29, 0.717) is 54.9 Å². The number of nitrogens with zero attached hydrogens (tertiary/aromatic N) is 2. The predicted octanol–water partition coefficient (Wildman–Crippen LogP) is 12.9. The van der Waals surface area contributed by atoms with E-state index in [4.69, 9.17) is 27.2 Å². The number of carbonyl (C=O) groups is 1. The minimum atomic E-state index is -3.79. The fourth-order valence-corrected chi connectivity index (χ4v) is 8.93. The molecule has 71 heavy (non-hydrogen) atoms. The van der Waals surface area contributed by atoms with Gasteiger partial charge in [-0.2, -0.15) is 8.42 Å². The van der Waals surface area contributed by atoms with E-state index in [-0.39, 0.29) is 18.1 Å². The van der Waals surface area contributed by atoms with Gasteiger partial charge in [0, 0.05) is 35.8 Å². The highest BCUT2D eigenvalue weighted by atomic mass is 32.2. The zero-order valence-electron chi connectivity index (χ0n) is 40.5. The summed E-state index contributed by atoms with van der Waals surface area (Å²) >= 11 is 0. The second-order valence-corrected chi connectivity index (χ2v) is 18.7. The number of rotatable bonds is 18. The first kappa shape index (κ1) is 49.6. The second-order valence-electron chi connectivity index (χ2n) is 17.1. The van der Waals surface area contributed by atoms with Crippen molar-refractivity contribution < 1.29 is 40.4 Å². The largest absolute Gasteiger partial charge is 0.493 e. The van der Waals surface area contributed by atoms with Crippen LogP contribution in [0.3, 0.4) is 0 Å². The summed E-state index contributed by atoms with van der Waals surface area (Å²) < 4.78 is 59.5. The van der Waals surface area contributed by atoms with Crippen molar-refractivity contribution in [3.8, 4) is 45.5 Å². The summed E-state index contributed by atoms with van der Waals surface area (Å²) in [5.74, 6) is 3.55. The Bertz CT molecular complexity index is 3280. The van der Waals surface area contributed by atoms with Gasteiger partial charge in [-0.25, -0.2) is 14.8 Å². The Hall–Kier alpha value is -7.80. The van der Waals surface area contributed by atoms with E-state index in [1.54, 1.807) is 38.1 Å². The third-order valence-electron chi connectivity index (χ3n) is 11.8. The molecule has 9 aromatic rings. The molecule has 2 aromatic heterocycles. The number of hydrogen-bond acceptors (Lipinski definition) is 11. The van der Waals surface area contributed by atoms with Gasteiger partial charge in [0.25, 0.3) is 10.1 Å². The van der Waals surface area contributed by atoms with Gasteiger partial charge in [0.15, 0.2) is 0 Å². The zero-order valence-corrected chi connectivity index (χ0v) is 41.3. The van der Waals surface area contributed by atoms with Crippen LogP contribution in [0.5, 0.6) is 11.5 Å². The highest BCUT2D eigenvalue weighted by Crippen LogP contribution is 2.33. The van der Waals surface area contributed by atoms with Crippen molar-refractivity contribution in [2.75, 3.05) is 19.8 Å². The minimum Gasteiger partial charge on any atom is -0.493 e. The summed E-state index contributed by atoms with van der Waals surface area (Å²) in [5.41, 5.74) is 6.38. The van der Waals surface area contributed by atoms with Crippen LogP contribution in [-0.2, 0) is 43.1 Å². The summed E-state index contributed by atoms with van der Waals surface area (Å²) in [5, 5.41) is 1.96. The number of carbonyl (C=O) groups excluding carboxylic acids is 1. The van der Waals surface area contributed by atoms with E-state index in [2.05, 4.69) is 22.1 Å². The van der Waals surface area contributed by atoms with Crippen molar-refractivity contribution in [1.29, 1.82) is 0 Å². The number of aromatic nitrogens is 2. The van der Waals surface area contributed by atoms with Crippen LogP contribution < -0.4 is 9.47 Å². The molecular weight excluding hydrogens is 913 g/mol. The summed E-state index contributed by atoms with van der Waals surface area (Å²) in [6.07, 6.45) is 1.29. The molecule has 0 aliphatic rings. The van der Waals surface area contributed by atoms with Crippen LogP contribution in [0.25, 0.3) is 44.8 Å². The molecule has 0 spiro atoms. The fraction of sp³-hybridized carbons (Fsp3) is 0.203. The van der Waals surface area contributed by atoms with Crippen LogP contribution in [0.2, 0.25) is 0 Å².